The molecule has 2 nitrogen and oxygen atoms in total. The van der Waals surface area contributed by atoms with E-state index in [9.17, 15) is 0 Å². The Morgan fingerprint density at radius 2 is 1.25 bits per heavy atom. The van der Waals surface area contributed by atoms with Gasteiger partial charge in [0.15, 0.2) is 0 Å². The van der Waals surface area contributed by atoms with Gasteiger partial charge in [0.2, 0.25) is 6.29 Å². The Balaban J connectivity index is 1.96. The van der Waals surface area contributed by atoms with Gasteiger partial charge in [0.1, 0.15) is 11.5 Å². The highest BCUT2D eigenvalue weighted by molar-refractivity contribution is 5.31. The second kappa shape index (κ2) is 6.00. The molecular weight excluding hydrogens is 248 g/mol. The minimum atomic E-state index is -0.321. The molecule has 1 atom stereocenters. The van der Waals surface area contributed by atoms with Crippen LogP contribution in [0.4, 0.5) is 0 Å². The lowest BCUT2D eigenvalue weighted by atomic mass is 9.87. The summed E-state index contributed by atoms with van der Waals surface area (Å²) in [7, 11) is 0. The second-order valence-electron chi connectivity index (χ2n) is 5.89. The number of para-hydroxylation sites is 1. The van der Waals surface area contributed by atoms with Crippen molar-refractivity contribution in [2.24, 2.45) is 0 Å². The fourth-order valence-corrected chi connectivity index (χ4v) is 1.94. The average molecular weight is 270 g/mol. The van der Waals surface area contributed by atoms with Crippen LogP contribution in [0.2, 0.25) is 0 Å². The average Bonchev–Trinajstić information content (AvgIpc) is 2.39. The van der Waals surface area contributed by atoms with Gasteiger partial charge in [-0.1, -0.05) is 51.1 Å². The van der Waals surface area contributed by atoms with E-state index in [0.717, 1.165) is 11.5 Å². The van der Waals surface area contributed by atoms with Crippen LogP contribution in [0.15, 0.2) is 54.6 Å². The molecule has 0 amide bonds. The lowest BCUT2D eigenvalue weighted by Gasteiger charge is -2.20. The minimum absolute atomic E-state index is 0.157. The molecule has 2 heteroatoms. The molecule has 0 radical (unpaired) electrons. The van der Waals surface area contributed by atoms with Crippen LogP contribution in [0.5, 0.6) is 11.5 Å². The predicted molar refractivity (Wildman–Crippen MR) is 82.3 cm³/mol. The van der Waals surface area contributed by atoms with Crippen molar-refractivity contribution in [3.63, 3.8) is 0 Å². The molecule has 0 bridgehead atoms. The number of ether oxygens (including phenoxy) is 2. The fraction of sp³-hybridized carbons (Fsp3) is 0.333. The van der Waals surface area contributed by atoms with E-state index in [2.05, 4.69) is 32.9 Å². The standard InChI is InChI=1S/C18H22O2/c1-14(19-16-8-6-5-7-9-16)20-17-12-10-15(11-13-17)18(2,3)4/h5-14H,1-4H3. The van der Waals surface area contributed by atoms with Crippen LogP contribution in [0.25, 0.3) is 0 Å². The van der Waals surface area contributed by atoms with E-state index < -0.39 is 0 Å². The topological polar surface area (TPSA) is 18.5 Å². The van der Waals surface area contributed by atoms with Gasteiger partial charge in [-0.15, -0.1) is 0 Å². The Morgan fingerprint density at radius 1 is 0.750 bits per heavy atom. The van der Waals surface area contributed by atoms with Crippen molar-refractivity contribution < 1.29 is 9.47 Å². The highest BCUT2D eigenvalue weighted by Gasteiger charge is 2.13. The summed E-state index contributed by atoms with van der Waals surface area (Å²) in [6, 6.07) is 17.9. The summed E-state index contributed by atoms with van der Waals surface area (Å²) in [6.45, 7) is 8.49. The predicted octanol–water partition coefficient (Wildman–Crippen LogP) is 4.79. The van der Waals surface area contributed by atoms with E-state index >= 15 is 0 Å². The van der Waals surface area contributed by atoms with Crippen LogP contribution in [0.1, 0.15) is 33.3 Å². The zero-order chi connectivity index (χ0) is 14.6. The molecule has 0 N–H and O–H groups in total. The minimum Gasteiger partial charge on any atom is -0.455 e. The largest absolute Gasteiger partial charge is 0.455 e. The molecule has 0 fully saturated rings. The zero-order valence-corrected chi connectivity index (χ0v) is 12.6. The summed E-state index contributed by atoms with van der Waals surface area (Å²) in [4.78, 5) is 0. The van der Waals surface area contributed by atoms with E-state index in [1.807, 2.05) is 49.4 Å². The summed E-state index contributed by atoms with van der Waals surface area (Å²) in [6.07, 6.45) is -0.321. The summed E-state index contributed by atoms with van der Waals surface area (Å²) >= 11 is 0. The summed E-state index contributed by atoms with van der Waals surface area (Å²) in [5, 5.41) is 0. The molecular formula is C18H22O2. The molecule has 0 aliphatic rings. The Bertz CT molecular complexity index is 524. The molecule has 0 aliphatic heterocycles. The second-order valence-corrected chi connectivity index (χ2v) is 5.89. The van der Waals surface area contributed by atoms with Gasteiger partial charge in [0, 0.05) is 6.92 Å². The molecule has 1 unspecified atom stereocenters. The smallest absolute Gasteiger partial charge is 0.238 e. The van der Waals surface area contributed by atoms with Crippen LogP contribution >= 0.6 is 0 Å². The maximum absolute atomic E-state index is 5.76. The first kappa shape index (κ1) is 14.4. The fourth-order valence-electron chi connectivity index (χ4n) is 1.94. The highest BCUT2D eigenvalue weighted by atomic mass is 16.7. The van der Waals surface area contributed by atoms with Crippen LogP contribution < -0.4 is 9.47 Å². The molecule has 0 heterocycles. The van der Waals surface area contributed by atoms with Crippen molar-refractivity contribution in [1.82, 2.24) is 0 Å². The summed E-state index contributed by atoms with van der Waals surface area (Å²) in [5.41, 5.74) is 1.45. The molecule has 0 aliphatic carbocycles. The Kier molecular flexibility index (Phi) is 4.33. The quantitative estimate of drug-likeness (QED) is 0.744. The van der Waals surface area contributed by atoms with E-state index in [0.29, 0.717) is 0 Å². The lowest BCUT2D eigenvalue weighted by Crippen LogP contribution is -2.19. The normalized spacial score (nSPS) is 12.8. The first-order valence-corrected chi connectivity index (χ1v) is 6.94. The van der Waals surface area contributed by atoms with Crippen molar-refractivity contribution in [2.45, 2.75) is 39.4 Å². The van der Waals surface area contributed by atoms with Crippen molar-refractivity contribution in [1.29, 1.82) is 0 Å². The molecule has 0 aromatic heterocycles. The third-order valence-corrected chi connectivity index (χ3v) is 3.07. The maximum Gasteiger partial charge on any atom is 0.238 e. The van der Waals surface area contributed by atoms with Crippen LogP contribution in [0.3, 0.4) is 0 Å². The van der Waals surface area contributed by atoms with Gasteiger partial charge >= 0.3 is 0 Å². The van der Waals surface area contributed by atoms with Gasteiger partial charge in [0.25, 0.3) is 0 Å². The molecule has 2 rings (SSSR count). The molecule has 0 saturated carbocycles. The molecule has 0 saturated heterocycles. The monoisotopic (exact) mass is 270 g/mol. The van der Waals surface area contributed by atoms with Gasteiger partial charge in [-0.2, -0.15) is 0 Å². The van der Waals surface area contributed by atoms with Crippen molar-refractivity contribution in [3.8, 4) is 11.5 Å². The number of benzene rings is 2. The van der Waals surface area contributed by atoms with Gasteiger partial charge in [0.05, 0.1) is 0 Å². The van der Waals surface area contributed by atoms with Crippen molar-refractivity contribution in [2.75, 3.05) is 0 Å². The Morgan fingerprint density at radius 3 is 1.75 bits per heavy atom. The molecule has 2 aromatic rings. The lowest BCUT2D eigenvalue weighted by molar-refractivity contribution is 0.0223. The van der Waals surface area contributed by atoms with E-state index in [1.165, 1.54) is 5.56 Å². The Labute approximate surface area is 121 Å². The maximum atomic E-state index is 5.76. The van der Waals surface area contributed by atoms with E-state index in [1.54, 1.807) is 0 Å². The zero-order valence-electron chi connectivity index (χ0n) is 12.6. The van der Waals surface area contributed by atoms with Gasteiger partial charge in [-0.25, -0.2) is 0 Å². The molecule has 20 heavy (non-hydrogen) atoms. The third kappa shape index (κ3) is 4.02. The first-order chi connectivity index (χ1) is 9.45. The molecule has 106 valence electrons. The van der Waals surface area contributed by atoms with Crippen LogP contribution in [-0.4, -0.2) is 6.29 Å². The van der Waals surface area contributed by atoms with Gasteiger partial charge in [-0.3, -0.25) is 0 Å². The number of rotatable bonds is 4. The highest BCUT2D eigenvalue weighted by Crippen LogP contribution is 2.25. The third-order valence-electron chi connectivity index (χ3n) is 3.07. The molecule has 2 aromatic carbocycles. The van der Waals surface area contributed by atoms with Crippen molar-refractivity contribution in [3.05, 3.63) is 60.2 Å². The van der Waals surface area contributed by atoms with E-state index in [-0.39, 0.29) is 11.7 Å². The van der Waals surface area contributed by atoms with Crippen LogP contribution in [-0.2, 0) is 5.41 Å². The number of hydrogen-bond acceptors (Lipinski definition) is 2. The summed E-state index contributed by atoms with van der Waals surface area (Å²) in [5.74, 6) is 1.63. The van der Waals surface area contributed by atoms with Gasteiger partial charge in [-0.05, 0) is 35.2 Å². The Hall–Kier alpha value is -1.96. The van der Waals surface area contributed by atoms with Crippen molar-refractivity contribution >= 4 is 0 Å². The van der Waals surface area contributed by atoms with Gasteiger partial charge < -0.3 is 9.47 Å². The van der Waals surface area contributed by atoms with Crippen LogP contribution in [0, 0.1) is 0 Å². The summed E-state index contributed by atoms with van der Waals surface area (Å²) < 4.78 is 11.5. The molecule has 0 spiro atoms. The van der Waals surface area contributed by atoms with E-state index in [4.69, 9.17) is 9.47 Å². The SMILES string of the molecule is CC(Oc1ccccc1)Oc1ccc(C(C)(C)C)cc1. The number of hydrogen-bond donors (Lipinski definition) is 0. The first-order valence-electron chi connectivity index (χ1n) is 6.94.